The number of benzene rings is 2. The van der Waals surface area contributed by atoms with E-state index in [9.17, 15) is 19.5 Å². The van der Waals surface area contributed by atoms with Crippen LogP contribution in [-0.2, 0) is 14.3 Å². The fraction of sp³-hybridized carbons (Fsp3) is 0.464. The maximum atomic E-state index is 12.9. The van der Waals surface area contributed by atoms with E-state index in [1.165, 1.54) is 22.3 Å². The zero-order chi connectivity index (χ0) is 24.1. The summed E-state index contributed by atoms with van der Waals surface area (Å²) >= 11 is 0. The van der Waals surface area contributed by atoms with E-state index in [1.807, 2.05) is 29.2 Å². The average Bonchev–Trinajstić information content (AvgIpc) is 3.23. The molecule has 1 saturated heterocycles. The molecule has 2 saturated carbocycles. The zero-order valence-electron chi connectivity index (χ0n) is 19.6. The molecule has 1 aliphatic heterocycles. The summed E-state index contributed by atoms with van der Waals surface area (Å²) in [5, 5.41) is 12.2. The summed E-state index contributed by atoms with van der Waals surface area (Å²) in [6, 6.07) is 16.6. The van der Waals surface area contributed by atoms with Crippen molar-refractivity contribution in [2.75, 3.05) is 19.7 Å². The molecule has 0 radical (unpaired) electrons. The summed E-state index contributed by atoms with van der Waals surface area (Å²) in [4.78, 5) is 38.5. The van der Waals surface area contributed by atoms with E-state index in [4.69, 9.17) is 4.74 Å². The number of aliphatic carboxylic acids is 1. The van der Waals surface area contributed by atoms with E-state index < -0.39 is 12.1 Å². The van der Waals surface area contributed by atoms with Crippen LogP contribution in [0.1, 0.15) is 42.7 Å². The molecular weight excluding hydrogens is 444 g/mol. The van der Waals surface area contributed by atoms with Gasteiger partial charge in [0.2, 0.25) is 5.91 Å². The van der Waals surface area contributed by atoms with Crippen molar-refractivity contribution in [1.82, 2.24) is 10.2 Å². The van der Waals surface area contributed by atoms with Crippen LogP contribution in [0, 0.1) is 23.7 Å². The highest BCUT2D eigenvalue weighted by molar-refractivity contribution is 5.81. The van der Waals surface area contributed by atoms with Gasteiger partial charge in [0, 0.05) is 31.0 Å². The second-order valence-electron chi connectivity index (χ2n) is 10.5. The molecule has 0 aromatic heterocycles. The molecule has 0 spiro atoms. The molecule has 2 N–H and O–H groups in total. The lowest BCUT2D eigenvalue weighted by Crippen LogP contribution is -2.43. The highest BCUT2D eigenvalue weighted by Gasteiger charge is 2.60. The van der Waals surface area contributed by atoms with Gasteiger partial charge in [-0.2, -0.15) is 0 Å². The Bertz CT molecular complexity index is 1110. The molecule has 35 heavy (non-hydrogen) atoms. The number of hydrogen-bond donors (Lipinski definition) is 2. The molecule has 3 fully saturated rings. The van der Waals surface area contributed by atoms with Crippen LogP contribution in [0.2, 0.25) is 0 Å². The van der Waals surface area contributed by atoms with E-state index in [-0.39, 0.29) is 41.5 Å². The van der Waals surface area contributed by atoms with Gasteiger partial charge in [-0.05, 0) is 59.8 Å². The molecule has 7 nitrogen and oxygen atoms in total. The number of nitrogens with one attached hydrogen (secondary N) is 1. The third kappa shape index (κ3) is 3.97. The summed E-state index contributed by atoms with van der Waals surface area (Å²) in [6.45, 7) is 1.46. The number of piperidine rings is 1. The Morgan fingerprint density at radius 3 is 2.03 bits per heavy atom. The van der Waals surface area contributed by atoms with E-state index in [1.54, 1.807) is 0 Å². The van der Waals surface area contributed by atoms with Crippen molar-refractivity contribution in [3.63, 3.8) is 0 Å². The van der Waals surface area contributed by atoms with Crippen molar-refractivity contribution in [3.05, 3.63) is 59.7 Å². The lowest BCUT2D eigenvalue weighted by Gasteiger charge is -2.31. The summed E-state index contributed by atoms with van der Waals surface area (Å²) in [5.74, 6) is -0.541. The third-order valence-electron chi connectivity index (χ3n) is 8.53. The lowest BCUT2D eigenvalue weighted by molar-refractivity contribution is -0.142. The topological polar surface area (TPSA) is 95.9 Å². The number of ether oxygens (including phenoxy) is 1. The fourth-order valence-electron chi connectivity index (χ4n) is 6.62. The second kappa shape index (κ2) is 8.70. The van der Waals surface area contributed by atoms with Crippen molar-refractivity contribution in [2.24, 2.45) is 23.7 Å². The van der Waals surface area contributed by atoms with Crippen LogP contribution < -0.4 is 5.32 Å². The number of fused-ring (bicyclic) bond motifs is 4. The molecule has 182 valence electrons. The Labute approximate surface area is 204 Å². The highest BCUT2D eigenvalue weighted by Crippen LogP contribution is 2.52. The molecule has 1 heterocycles. The number of hydrogen-bond acceptors (Lipinski definition) is 4. The number of carbonyl (C=O) groups excluding carboxylic acids is 2. The fourth-order valence-corrected chi connectivity index (χ4v) is 6.62. The Balaban J connectivity index is 0.976. The van der Waals surface area contributed by atoms with E-state index in [2.05, 4.69) is 29.6 Å². The molecule has 2 aromatic carbocycles. The zero-order valence-corrected chi connectivity index (χ0v) is 19.6. The first kappa shape index (κ1) is 22.1. The molecule has 2 aromatic rings. The maximum absolute atomic E-state index is 12.9. The van der Waals surface area contributed by atoms with Crippen molar-refractivity contribution < 1.29 is 24.2 Å². The summed E-state index contributed by atoms with van der Waals surface area (Å²) in [7, 11) is 0. The largest absolute Gasteiger partial charge is 0.481 e. The minimum absolute atomic E-state index is 0.0121. The third-order valence-corrected chi connectivity index (χ3v) is 8.53. The number of likely N-dealkylation sites (tertiary alicyclic amines) is 1. The maximum Gasteiger partial charge on any atom is 0.407 e. The first-order chi connectivity index (χ1) is 17.0. The molecule has 2 unspecified atom stereocenters. The standard InChI is InChI=1S/C28H30N2O5/c31-26(30-13-22-23(14-30)25(22)27(32)33)16-9-11-17(12-10-16)29-28(34)35-15-24-20-7-3-1-5-18(20)19-6-2-4-8-21(19)24/h1-8,16-17,22-25H,9-15H2,(H,29,34)(H,32,33). The Kier molecular flexibility index (Phi) is 5.50. The van der Waals surface area contributed by atoms with E-state index >= 15 is 0 Å². The number of alkyl carbamates (subject to hydrolysis) is 1. The molecule has 0 bridgehead atoms. The molecule has 7 heteroatoms. The van der Waals surface area contributed by atoms with Gasteiger partial charge >= 0.3 is 12.1 Å². The number of carboxylic acid groups (broad SMARTS) is 1. The van der Waals surface area contributed by atoms with Gasteiger partial charge in [0.25, 0.3) is 0 Å². The van der Waals surface area contributed by atoms with Gasteiger partial charge in [0.1, 0.15) is 6.61 Å². The first-order valence-corrected chi connectivity index (χ1v) is 12.6. The normalized spacial score (nSPS) is 28.6. The van der Waals surface area contributed by atoms with Crippen molar-refractivity contribution >= 4 is 18.0 Å². The number of rotatable bonds is 5. The van der Waals surface area contributed by atoms with E-state index in [0.717, 1.165) is 25.7 Å². The number of nitrogens with zero attached hydrogens (tertiary/aromatic N) is 1. The molecular formula is C28H30N2O5. The van der Waals surface area contributed by atoms with Crippen LogP contribution in [0.15, 0.2) is 48.5 Å². The predicted molar refractivity (Wildman–Crippen MR) is 129 cm³/mol. The van der Waals surface area contributed by atoms with Crippen LogP contribution in [0.4, 0.5) is 4.79 Å². The summed E-state index contributed by atoms with van der Waals surface area (Å²) in [5.41, 5.74) is 4.78. The van der Waals surface area contributed by atoms with Crippen LogP contribution in [-0.4, -0.2) is 53.7 Å². The first-order valence-electron chi connectivity index (χ1n) is 12.6. The van der Waals surface area contributed by atoms with Gasteiger partial charge in [-0.15, -0.1) is 0 Å². The molecule has 2 amide bonds. The monoisotopic (exact) mass is 474 g/mol. The molecule has 4 aliphatic rings. The molecule has 3 aliphatic carbocycles. The van der Waals surface area contributed by atoms with Gasteiger partial charge < -0.3 is 20.1 Å². The van der Waals surface area contributed by atoms with Crippen LogP contribution in [0.5, 0.6) is 0 Å². The van der Waals surface area contributed by atoms with Gasteiger partial charge in [-0.1, -0.05) is 48.5 Å². The highest BCUT2D eigenvalue weighted by atomic mass is 16.5. The lowest BCUT2D eigenvalue weighted by atomic mass is 9.85. The van der Waals surface area contributed by atoms with Gasteiger partial charge in [-0.25, -0.2) is 4.79 Å². The van der Waals surface area contributed by atoms with Crippen molar-refractivity contribution in [3.8, 4) is 11.1 Å². The summed E-state index contributed by atoms with van der Waals surface area (Å²) in [6.07, 6.45) is 2.57. The summed E-state index contributed by atoms with van der Waals surface area (Å²) < 4.78 is 5.67. The van der Waals surface area contributed by atoms with Crippen LogP contribution in [0.3, 0.4) is 0 Å². The minimum Gasteiger partial charge on any atom is -0.481 e. The number of carbonyl (C=O) groups is 3. The predicted octanol–water partition coefficient (Wildman–Crippen LogP) is 3.87. The molecule has 2 atom stereocenters. The average molecular weight is 475 g/mol. The van der Waals surface area contributed by atoms with Crippen LogP contribution >= 0.6 is 0 Å². The Hall–Kier alpha value is -3.35. The number of amides is 2. The van der Waals surface area contributed by atoms with Gasteiger partial charge in [0.05, 0.1) is 5.92 Å². The smallest absolute Gasteiger partial charge is 0.407 e. The Morgan fingerprint density at radius 1 is 0.886 bits per heavy atom. The number of carboxylic acids is 1. The van der Waals surface area contributed by atoms with Gasteiger partial charge in [-0.3, -0.25) is 9.59 Å². The Morgan fingerprint density at radius 2 is 1.46 bits per heavy atom. The van der Waals surface area contributed by atoms with Crippen molar-refractivity contribution in [2.45, 2.75) is 37.6 Å². The van der Waals surface area contributed by atoms with Gasteiger partial charge in [0.15, 0.2) is 0 Å². The molecule has 6 rings (SSSR count). The minimum atomic E-state index is -0.730. The van der Waals surface area contributed by atoms with Crippen molar-refractivity contribution in [1.29, 1.82) is 0 Å². The SMILES string of the molecule is O=C(NC1CCC(C(=O)N2CC3C(C2)C3C(=O)O)CC1)OCC1c2ccccc2-c2ccccc21. The van der Waals surface area contributed by atoms with E-state index in [0.29, 0.717) is 19.7 Å². The van der Waals surface area contributed by atoms with Crippen LogP contribution in [0.25, 0.3) is 11.1 Å². The quantitative estimate of drug-likeness (QED) is 0.686. The second-order valence-corrected chi connectivity index (χ2v) is 10.5.